The van der Waals surface area contributed by atoms with Crippen molar-refractivity contribution in [3.63, 3.8) is 0 Å². The smallest absolute Gasteiger partial charge is 0.335 e. The summed E-state index contributed by atoms with van der Waals surface area (Å²) in [5.74, 6) is -0.934. The fraction of sp³-hybridized carbons (Fsp3) is 0.467. The van der Waals surface area contributed by atoms with Crippen molar-refractivity contribution in [2.45, 2.75) is 19.4 Å². The van der Waals surface area contributed by atoms with Crippen molar-refractivity contribution in [3.8, 4) is 0 Å². The van der Waals surface area contributed by atoms with Gasteiger partial charge in [0, 0.05) is 19.6 Å². The molecule has 0 saturated carbocycles. The molecule has 1 aliphatic heterocycles. The van der Waals surface area contributed by atoms with Crippen LogP contribution in [0, 0.1) is 0 Å². The molecule has 0 aromatic heterocycles. The summed E-state index contributed by atoms with van der Waals surface area (Å²) in [5.41, 5.74) is 1.26. The van der Waals surface area contributed by atoms with Gasteiger partial charge < -0.3 is 20.1 Å². The molecule has 0 aliphatic carbocycles. The SMILES string of the molecule is CC1CN(C(=O)NCCc2ccc(C(=O)O)cc2)CCO1. The normalized spacial score (nSPS) is 18.3. The Bertz CT molecular complexity index is 501. The lowest BCUT2D eigenvalue weighted by atomic mass is 10.1. The summed E-state index contributed by atoms with van der Waals surface area (Å²) in [5, 5.41) is 11.7. The Hall–Kier alpha value is -2.08. The predicted molar refractivity (Wildman–Crippen MR) is 77.5 cm³/mol. The van der Waals surface area contributed by atoms with E-state index in [4.69, 9.17) is 9.84 Å². The Labute approximate surface area is 123 Å². The summed E-state index contributed by atoms with van der Waals surface area (Å²) in [6.07, 6.45) is 0.749. The third-order valence-corrected chi connectivity index (χ3v) is 3.42. The Morgan fingerprint density at radius 1 is 1.38 bits per heavy atom. The highest BCUT2D eigenvalue weighted by Crippen LogP contribution is 2.06. The highest BCUT2D eigenvalue weighted by molar-refractivity contribution is 5.87. The summed E-state index contributed by atoms with van der Waals surface area (Å²) in [6.45, 7) is 4.27. The molecule has 1 heterocycles. The van der Waals surface area contributed by atoms with Gasteiger partial charge in [-0.25, -0.2) is 9.59 Å². The molecule has 1 aromatic carbocycles. The maximum atomic E-state index is 12.0. The first-order valence-corrected chi connectivity index (χ1v) is 7.03. The van der Waals surface area contributed by atoms with E-state index in [2.05, 4.69) is 5.32 Å². The Kier molecular flexibility index (Phi) is 5.16. The van der Waals surface area contributed by atoms with Gasteiger partial charge in [0.15, 0.2) is 0 Å². The monoisotopic (exact) mass is 292 g/mol. The average Bonchev–Trinajstić information content (AvgIpc) is 2.47. The first-order chi connectivity index (χ1) is 10.1. The number of hydrogen-bond acceptors (Lipinski definition) is 3. The number of nitrogens with one attached hydrogen (secondary N) is 1. The highest BCUT2D eigenvalue weighted by Gasteiger charge is 2.20. The third-order valence-electron chi connectivity index (χ3n) is 3.42. The molecule has 0 radical (unpaired) electrons. The lowest BCUT2D eigenvalue weighted by molar-refractivity contribution is -0.00342. The summed E-state index contributed by atoms with van der Waals surface area (Å²) >= 11 is 0. The maximum absolute atomic E-state index is 12.0. The Balaban J connectivity index is 1.75. The highest BCUT2D eigenvalue weighted by atomic mass is 16.5. The van der Waals surface area contributed by atoms with Gasteiger partial charge in [-0.2, -0.15) is 0 Å². The number of benzene rings is 1. The fourth-order valence-corrected chi connectivity index (χ4v) is 2.24. The van der Waals surface area contributed by atoms with Crippen LogP contribution in [0.5, 0.6) is 0 Å². The molecule has 21 heavy (non-hydrogen) atoms. The van der Waals surface area contributed by atoms with Crippen LogP contribution in [0.2, 0.25) is 0 Å². The molecule has 0 bridgehead atoms. The average molecular weight is 292 g/mol. The molecular formula is C15H20N2O4. The van der Waals surface area contributed by atoms with Gasteiger partial charge in [0.05, 0.1) is 18.3 Å². The molecule has 0 spiro atoms. The lowest BCUT2D eigenvalue weighted by Gasteiger charge is -2.31. The molecule has 114 valence electrons. The number of carboxylic acid groups (broad SMARTS) is 1. The van der Waals surface area contributed by atoms with Crippen molar-refractivity contribution in [3.05, 3.63) is 35.4 Å². The number of rotatable bonds is 4. The van der Waals surface area contributed by atoms with Crippen LogP contribution in [0.25, 0.3) is 0 Å². The number of urea groups is 1. The summed E-state index contributed by atoms with van der Waals surface area (Å²) < 4.78 is 5.39. The molecule has 1 atom stereocenters. The van der Waals surface area contributed by atoms with Crippen LogP contribution < -0.4 is 5.32 Å². The number of nitrogens with zero attached hydrogens (tertiary/aromatic N) is 1. The van der Waals surface area contributed by atoms with E-state index in [1.54, 1.807) is 29.2 Å². The van der Waals surface area contributed by atoms with Gasteiger partial charge in [-0.15, -0.1) is 0 Å². The van der Waals surface area contributed by atoms with E-state index < -0.39 is 5.97 Å². The van der Waals surface area contributed by atoms with Gasteiger partial charge in [0.1, 0.15) is 0 Å². The number of aromatic carboxylic acids is 1. The van der Waals surface area contributed by atoms with E-state index in [1.165, 1.54) is 0 Å². The van der Waals surface area contributed by atoms with Gasteiger partial charge >= 0.3 is 12.0 Å². The van der Waals surface area contributed by atoms with Crippen LogP contribution in [-0.2, 0) is 11.2 Å². The molecule has 2 amide bonds. The van der Waals surface area contributed by atoms with Crippen LogP contribution in [0.4, 0.5) is 4.79 Å². The first-order valence-electron chi connectivity index (χ1n) is 7.03. The van der Waals surface area contributed by atoms with Crippen molar-refractivity contribution in [2.75, 3.05) is 26.2 Å². The zero-order valence-corrected chi connectivity index (χ0v) is 12.0. The van der Waals surface area contributed by atoms with Gasteiger partial charge in [-0.1, -0.05) is 12.1 Å². The van der Waals surface area contributed by atoms with Crippen LogP contribution in [-0.4, -0.2) is 54.4 Å². The van der Waals surface area contributed by atoms with Crippen LogP contribution >= 0.6 is 0 Å². The van der Waals surface area contributed by atoms with E-state index in [9.17, 15) is 9.59 Å². The second-order valence-corrected chi connectivity index (χ2v) is 5.11. The number of hydrogen-bond donors (Lipinski definition) is 2. The van der Waals surface area contributed by atoms with Crippen LogP contribution in [0.3, 0.4) is 0 Å². The van der Waals surface area contributed by atoms with Crippen LogP contribution in [0.1, 0.15) is 22.8 Å². The largest absolute Gasteiger partial charge is 0.478 e. The fourth-order valence-electron chi connectivity index (χ4n) is 2.24. The molecular weight excluding hydrogens is 272 g/mol. The van der Waals surface area contributed by atoms with Crippen molar-refractivity contribution >= 4 is 12.0 Å². The number of carboxylic acids is 1. The zero-order chi connectivity index (χ0) is 15.2. The maximum Gasteiger partial charge on any atom is 0.335 e. The second kappa shape index (κ2) is 7.08. The van der Waals surface area contributed by atoms with Crippen molar-refractivity contribution in [1.82, 2.24) is 10.2 Å². The Morgan fingerprint density at radius 3 is 2.71 bits per heavy atom. The molecule has 6 nitrogen and oxygen atoms in total. The van der Waals surface area contributed by atoms with Gasteiger partial charge in [-0.3, -0.25) is 0 Å². The van der Waals surface area contributed by atoms with E-state index in [1.807, 2.05) is 6.92 Å². The lowest BCUT2D eigenvalue weighted by Crippen LogP contribution is -2.49. The molecule has 1 unspecified atom stereocenters. The molecule has 2 rings (SSSR count). The molecule has 1 fully saturated rings. The van der Waals surface area contributed by atoms with Gasteiger partial charge in [-0.05, 0) is 31.0 Å². The quantitative estimate of drug-likeness (QED) is 0.878. The number of morpholine rings is 1. The Morgan fingerprint density at radius 2 is 2.10 bits per heavy atom. The van der Waals surface area contributed by atoms with E-state index in [-0.39, 0.29) is 17.7 Å². The standard InChI is InChI=1S/C15H20N2O4/c1-11-10-17(8-9-21-11)15(20)16-7-6-12-2-4-13(5-3-12)14(18)19/h2-5,11H,6-10H2,1H3,(H,16,20)(H,18,19). The van der Waals surface area contributed by atoms with Crippen LogP contribution in [0.15, 0.2) is 24.3 Å². The van der Waals surface area contributed by atoms with E-state index >= 15 is 0 Å². The molecule has 6 heteroatoms. The predicted octanol–water partition coefficient (Wildman–Crippen LogP) is 1.36. The number of ether oxygens (including phenoxy) is 1. The zero-order valence-electron chi connectivity index (χ0n) is 12.0. The number of carbonyl (C=O) groups is 2. The minimum absolute atomic E-state index is 0.0766. The molecule has 2 N–H and O–H groups in total. The van der Waals surface area contributed by atoms with Gasteiger partial charge in [0.2, 0.25) is 0 Å². The third kappa shape index (κ3) is 4.46. The van der Waals surface area contributed by atoms with Crippen molar-refractivity contribution in [2.24, 2.45) is 0 Å². The number of amides is 2. The topological polar surface area (TPSA) is 78.9 Å². The van der Waals surface area contributed by atoms with Crippen molar-refractivity contribution < 1.29 is 19.4 Å². The minimum Gasteiger partial charge on any atom is -0.478 e. The van der Waals surface area contributed by atoms with Crippen molar-refractivity contribution in [1.29, 1.82) is 0 Å². The summed E-state index contributed by atoms with van der Waals surface area (Å²) in [4.78, 5) is 24.5. The minimum atomic E-state index is -0.934. The molecule has 1 saturated heterocycles. The van der Waals surface area contributed by atoms with E-state index in [0.717, 1.165) is 5.56 Å². The second-order valence-electron chi connectivity index (χ2n) is 5.11. The van der Waals surface area contributed by atoms with E-state index in [0.29, 0.717) is 32.7 Å². The molecule has 1 aliphatic rings. The summed E-state index contributed by atoms with van der Waals surface area (Å²) in [6, 6.07) is 6.61. The summed E-state index contributed by atoms with van der Waals surface area (Å²) in [7, 11) is 0. The first kappa shape index (κ1) is 15.3. The molecule has 1 aromatic rings. The van der Waals surface area contributed by atoms with Gasteiger partial charge in [0.25, 0.3) is 0 Å². The number of carbonyl (C=O) groups excluding carboxylic acids is 1.